The van der Waals surface area contributed by atoms with E-state index in [0.29, 0.717) is 39.8 Å². The average Bonchev–Trinajstić information content (AvgIpc) is 3.21. The van der Waals surface area contributed by atoms with E-state index < -0.39 is 5.97 Å². The Morgan fingerprint density at radius 3 is 2.69 bits per heavy atom. The molecule has 0 atom stereocenters. The van der Waals surface area contributed by atoms with Crippen LogP contribution in [0.15, 0.2) is 60.8 Å². The molecule has 1 aromatic heterocycles. The summed E-state index contributed by atoms with van der Waals surface area (Å²) in [6.07, 6.45) is 1.53. The first kappa shape index (κ1) is 18.3. The SMILES string of the molecule is COC(=O)c1cccc(Nc2cc(C(=O)Nc3ccc4c(c3)OCO4)ccn2)c1. The number of carbonyl (C=O) groups is 2. The lowest BCUT2D eigenvalue weighted by Gasteiger charge is -2.09. The molecule has 1 aliphatic rings. The summed E-state index contributed by atoms with van der Waals surface area (Å²) in [6, 6.07) is 15.2. The maximum atomic E-state index is 12.6. The number of ether oxygens (including phenoxy) is 3. The van der Waals surface area contributed by atoms with Gasteiger partial charge in [0.25, 0.3) is 5.91 Å². The minimum Gasteiger partial charge on any atom is -0.465 e. The molecule has 0 saturated heterocycles. The van der Waals surface area contributed by atoms with E-state index in [1.165, 1.54) is 13.3 Å². The summed E-state index contributed by atoms with van der Waals surface area (Å²) < 4.78 is 15.3. The summed E-state index contributed by atoms with van der Waals surface area (Å²) in [4.78, 5) is 28.5. The Labute approximate surface area is 166 Å². The number of nitrogens with one attached hydrogen (secondary N) is 2. The van der Waals surface area contributed by atoms with Crippen molar-refractivity contribution >= 4 is 29.1 Å². The normalized spacial score (nSPS) is 11.6. The molecule has 0 unspecified atom stereocenters. The number of hydrogen-bond donors (Lipinski definition) is 2. The second-order valence-electron chi connectivity index (χ2n) is 6.15. The minimum absolute atomic E-state index is 0.170. The van der Waals surface area contributed by atoms with Crippen LogP contribution in [-0.2, 0) is 4.74 Å². The summed E-state index contributed by atoms with van der Waals surface area (Å²) in [5, 5.41) is 5.90. The van der Waals surface area contributed by atoms with E-state index >= 15 is 0 Å². The van der Waals surface area contributed by atoms with Crippen LogP contribution in [0, 0.1) is 0 Å². The monoisotopic (exact) mass is 391 g/mol. The highest BCUT2D eigenvalue weighted by molar-refractivity contribution is 6.04. The van der Waals surface area contributed by atoms with Gasteiger partial charge in [-0.05, 0) is 42.5 Å². The topological polar surface area (TPSA) is 98.8 Å². The van der Waals surface area contributed by atoms with Gasteiger partial charge in [-0.2, -0.15) is 0 Å². The number of pyridine rings is 1. The molecule has 0 aliphatic carbocycles. The maximum absolute atomic E-state index is 12.6. The molecule has 0 saturated carbocycles. The van der Waals surface area contributed by atoms with Gasteiger partial charge in [0.15, 0.2) is 11.5 Å². The van der Waals surface area contributed by atoms with Crippen molar-refractivity contribution in [3.05, 3.63) is 71.9 Å². The van der Waals surface area contributed by atoms with Crippen molar-refractivity contribution in [3.8, 4) is 11.5 Å². The number of nitrogens with zero attached hydrogens (tertiary/aromatic N) is 1. The smallest absolute Gasteiger partial charge is 0.337 e. The Morgan fingerprint density at radius 2 is 1.83 bits per heavy atom. The highest BCUT2D eigenvalue weighted by Gasteiger charge is 2.15. The molecule has 2 heterocycles. The molecule has 4 rings (SSSR count). The molecule has 3 aromatic rings. The van der Waals surface area contributed by atoms with Crippen molar-refractivity contribution in [1.29, 1.82) is 0 Å². The van der Waals surface area contributed by atoms with Crippen molar-refractivity contribution in [2.24, 2.45) is 0 Å². The number of fused-ring (bicyclic) bond motifs is 1. The molecule has 146 valence electrons. The molecule has 29 heavy (non-hydrogen) atoms. The number of amides is 1. The summed E-state index contributed by atoms with van der Waals surface area (Å²) in [7, 11) is 1.33. The van der Waals surface area contributed by atoms with Gasteiger partial charge in [-0.15, -0.1) is 0 Å². The molecule has 0 radical (unpaired) electrons. The molecule has 0 bridgehead atoms. The fourth-order valence-electron chi connectivity index (χ4n) is 2.81. The van der Waals surface area contributed by atoms with Crippen LogP contribution < -0.4 is 20.1 Å². The number of aromatic nitrogens is 1. The number of esters is 1. The Kier molecular flexibility index (Phi) is 4.98. The number of benzene rings is 2. The summed E-state index contributed by atoms with van der Waals surface area (Å²) in [6.45, 7) is 0.170. The van der Waals surface area contributed by atoms with Crippen LogP contribution in [0.5, 0.6) is 11.5 Å². The van der Waals surface area contributed by atoms with Crippen LogP contribution in [0.25, 0.3) is 0 Å². The first-order valence-electron chi connectivity index (χ1n) is 8.75. The van der Waals surface area contributed by atoms with Crippen molar-refractivity contribution in [2.75, 3.05) is 24.5 Å². The molecule has 1 aliphatic heterocycles. The molecule has 8 heteroatoms. The van der Waals surface area contributed by atoms with Gasteiger partial charge >= 0.3 is 5.97 Å². The minimum atomic E-state index is -0.432. The van der Waals surface area contributed by atoms with Gasteiger partial charge in [0.05, 0.1) is 12.7 Å². The third-order valence-corrected chi connectivity index (χ3v) is 4.21. The maximum Gasteiger partial charge on any atom is 0.337 e. The third kappa shape index (κ3) is 4.11. The van der Waals surface area contributed by atoms with Crippen molar-refractivity contribution in [1.82, 2.24) is 4.98 Å². The number of anilines is 3. The van der Waals surface area contributed by atoms with E-state index in [1.807, 2.05) is 0 Å². The quantitative estimate of drug-likeness (QED) is 0.641. The Bertz CT molecular complexity index is 1080. The summed E-state index contributed by atoms with van der Waals surface area (Å²) >= 11 is 0. The number of rotatable bonds is 5. The first-order valence-corrected chi connectivity index (χ1v) is 8.75. The predicted octanol–water partition coefficient (Wildman–Crippen LogP) is 3.59. The fraction of sp³-hybridized carbons (Fsp3) is 0.0952. The predicted molar refractivity (Wildman–Crippen MR) is 106 cm³/mol. The second-order valence-corrected chi connectivity index (χ2v) is 6.15. The van der Waals surface area contributed by atoms with E-state index in [0.717, 1.165) is 0 Å². The Balaban J connectivity index is 1.48. The van der Waals surface area contributed by atoms with Gasteiger partial charge in [0.2, 0.25) is 6.79 Å². The van der Waals surface area contributed by atoms with Gasteiger partial charge in [-0.1, -0.05) is 6.07 Å². The zero-order valence-corrected chi connectivity index (χ0v) is 15.5. The molecule has 8 nitrogen and oxygen atoms in total. The van der Waals surface area contributed by atoms with E-state index in [4.69, 9.17) is 14.2 Å². The van der Waals surface area contributed by atoms with E-state index in [-0.39, 0.29) is 12.7 Å². The number of methoxy groups -OCH3 is 1. The van der Waals surface area contributed by atoms with Gasteiger partial charge in [-0.3, -0.25) is 4.79 Å². The van der Waals surface area contributed by atoms with E-state index in [9.17, 15) is 9.59 Å². The zero-order valence-electron chi connectivity index (χ0n) is 15.5. The molecule has 1 amide bonds. The number of hydrogen-bond acceptors (Lipinski definition) is 7. The van der Waals surface area contributed by atoms with Crippen molar-refractivity contribution in [3.63, 3.8) is 0 Å². The lowest BCUT2D eigenvalue weighted by Crippen LogP contribution is -2.12. The summed E-state index contributed by atoms with van der Waals surface area (Å²) in [5.41, 5.74) is 2.07. The van der Waals surface area contributed by atoms with Gasteiger partial charge in [0, 0.05) is 29.2 Å². The molecule has 0 fully saturated rings. The third-order valence-electron chi connectivity index (χ3n) is 4.21. The lowest BCUT2D eigenvalue weighted by molar-refractivity contribution is 0.0600. The highest BCUT2D eigenvalue weighted by Crippen LogP contribution is 2.34. The standard InChI is InChI=1S/C21H17N3O5/c1-27-21(26)14-3-2-4-15(9-14)23-19-10-13(7-8-22-19)20(25)24-16-5-6-17-18(11-16)29-12-28-17/h2-11H,12H2,1H3,(H,22,23)(H,24,25). The van der Waals surface area contributed by atoms with Crippen LogP contribution in [-0.4, -0.2) is 30.8 Å². The Morgan fingerprint density at radius 1 is 0.966 bits per heavy atom. The fourth-order valence-corrected chi connectivity index (χ4v) is 2.81. The average molecular weight is 391 g/mol. The zero-order chi connectivity index (χ0) is 20.2. The van der Waals surface area contributed by atoms with Crippen LogP contribution in [0.3, 0.4) is 0 Å². The van der Waals surface area contributed by atoms with Crippen molar-refractivity contribution in [2.45, 2.75) is 0 Å². The van der Waals surface area contributed by atoms with Gasteiger partial charge in [0.1, 0.15) is 5.82 Å². The van der Waals surface area contributed by atoms with Crippen LogP contribution in [0.4, 0.5) is 17.2 Å². The van der Waals surface area contributed by atoms with Crippen molar-refractivity contribution < 1.29 is 23.8 Å². The van der Waals surface area contributed by atoms with E-state index in [2.05, 4.69) is 15.6 Å². The largest absolute Gasteiger partial charge is 0.465 e. The van der Waals surface area contributed by atoms with E-state index in [1.54, 1.807) is 54.6 Å². The Hall–Kier alpha value is -4.07. The molecule has 2 N–H and O–H groups in total. The summed E-state index contributed by atoms with van der Waals surface area (Å²) in [5.74, 6) is 0.972. The highest BCUT2D eigenvalue weighted by atomic mass is 16.7. The second kappa shape index (κ2) is 7.89. The van der Waals surface area contributed by atoms with Crippen LogP contribution in [0.1, 0.15) is 20.7 Å². The molecule has 2 aromatic carbocycles. The van der Waals surface area contributed by atoms with Gasteiger partial charge in [-0.25, -0.2) is 9.78 Å². The number of carbonyl (C=O) groups excluding carboxylic acids is 2. The molecular formula is C21H17N3O5. The van der Waals surface area contributed by atoms with Gasteiger partial charge < -0.3 is 24.8 Å². The molecular weight excluding hydrogens is 374 g/mol. The van der Waals surface area contributed by atoms with Crippen LogP contribution in [0.2, 0.25) is 0 Å². The van der Waals surface area contributed by atoms with Crippen LogP contribution >= 0.6 is 0 Å². The molecule has 0 spiro atoms. The lowest BCUT2D eigenvalue weighted by atomic mass is 10.2. The first-order chi connectivity index (χ1) is 14.1.